The fraction of sp³-hybridized carbons (Fsp3) is 0.333. The first kappa shape index (κ1) is 11.1. The van der Waals surface area contributed by atoms with Crippen molar-refractivity contribution in [3.63, 3.8) is 0 Å². The molecule has 0 spiro atoms. The molecular formula is C9H11N5O3. The zero-order valence-corrected chi connectivity index (χ0v) is 9.38. The minimum atomic E-state index is -0.451. The Balaban J connectivity index is 2.23. The Morgan fingerprint density at radius 1 is 1.65 bits per heavy atom. The number of anilines is 1. The number of aryl methyl sites for hydroxylation is 2. The summed E-state index contributed by atoms with van der Waals surface area (Å²) in [5.74, 6) is 0.357. The molecule has 0 amide bonds. The first-order valence-electron chi connectivity index (χ1n) is 4.90. The lowest BCUT2D eigenvalue weighted by molar-refractivity contribution is -0.384. The summed E-state index contributed by atoms with van der Waals surface area (Å²) in [6.45, 7) is 1.94. The zero-order chi connectivity index (χ0) is 12.4. The minimum Gasteiger partial charge on any atom is -0.364 e. The summed E-state index contributed by atoms with van der Waals surface area (Å²) in [4.78, 5) is 10.4. The zero-order valence-electron chi connectivity index (χ0n) is 9.38. The highest BCUT2D eigenvalue weighted by Crippen LogP contribution is 2.27. The standard InChI is InChI=1S/C9H11N5O3/c1-6-8(14(15)16)9(13(2)11-6)10-5-7-3-4-17-12-7/h3-4,10H,5H2,1-2H3. The summed E-state index contributed by atoms with van der Waals surface area (Å²) in [6, 6.07) is 1.68. The van der Waals surface area contributed by atoms with Crippen molar-refractivity contribution < 1.29 is 9.45 Å². The van der Waals surface area contributed by atoms with Crippen molar-refractivity contribution >= 4 is 11.5 Å². The second-order valence-electron chi connectivity index (χ2n) is 3.51. The van der Waals surface area contributed by atoms with E-state index in [9.17, 15) is 10.1 Å². The average Bonchev–Trinajstić information content (AvgIpc) is 2.83. The summed E-state index contributed by atoms with van der Waals surface area (Å²) >= 11 is 0. The van der Waals surface area contributed by atoms with Gasteiger partial charge in [0.05, 0.1) is 11.5 Å². The summed E-state index contributed by atoms with van der Waals surface area (Å²) in [5, 5.41) is 21.5. The Kier molecular flexibility index (Phi) is 2.77. The summed E-state index contributed by atoms with van der Waals surface area (Å²) in [5.41, 5.74) is 1.02. The van der Waals surface area contributed by atoms with E-state index in [1.807, 2.05) is 0 Å². The predicted molar refractivity (Wildman–Crippen MR) is 58.4 cm³/mol. The van der Waals surface area contributed by atoms with Crippen LogP contribution in [-0.2, 0) is 13.6 Å². The molecule has 2 heterocycles. The van der Waals surface area contributed by atoms with Gasteiger partial charge in [-0.05, 0) is 6.92 Å². The minimum absolute atomic E-state index is 0.0176. The molecule has 2 rings (SSSR count). The van der Waals surface area contributed by atoms with E-state index >= 15 is 0 Å². The van der Waals surface area contributed by atoms with Crippen LogP contribution in [0.4, 0.5) is 11.5 Å². The van der Waals surface area contributed by atoms with E-state index in [1.165, 1.54) is 10.9 Å². The van der Waals surface area contributed by atoms with E-state index in [0.29, 0.717) is 23.8 Å². The molecule has 2 aromatic rings. The third-order valence-electron chi connectivity index (χ3n) is 2.30. The molecule has 0 aliphatic rings. The van der Waals surface area contributed by atoms with Gasteiger partial charge in [0.1, 0.15) is 17.7 Å². The maximum absolute atomic E-state index is 10.9. The van der Waals surface area contributed by atoms with Gasteiger partial charge in [-0.2, -0.15) is 5.10 Å². The molecule has 0 unspecified atom stereocenters. The molecule has 8 nitrogen and oxygen atoms in total. The van der Waals surface area contributed by atoms with Gasteiger partial charge in [-0.15, -0.1) is 0 Å². The highest BCUT2D eigenvalue weighted by Gasteiger charge is 2.23. The Bertz CT molecular complexity index is 531. The van der Waals surface area contributed by atoms with Gasteiger partial charge in [0, 0.05) is 13.1 Å². The monoisotopic (exact) mass is 237 g/mol. The molecular weight excluding hydrogens is 226 g/mol. The molecule has 1 N–H and O–H groups in total. The van der Waals surface area contributed by atoms with Crippen LogP contribution in [0.5, 0.6) is 0 Å². The molecule has 0 fully saturated rings. The van der Waals surface area contributed by atoms with Crippen LogP contribution in [-0.4, -0.2) is 19.9 Å². The quantitative estimate of drug-likeness (QED) is 0.634. The number of hydrogen-bond acceptors (Lipinski definition) is 6. The van der Waals surface area contributed by atoms with E-state index in [0.717, 1.165) is 0 Å². The van der Waals surface area contributed by atoms with E-state index in [-0.39, 0.29) is 5.69 Å². The Morgan fingerprint density at radius 2 is 2.41 bits per heavy atom. The third kappa shape index (κ3) is 2.10. The number of nitrogens with one attached hydrogen (secondary N) is 1. The highest BCUT2D eigenvalue weighted by molar-refractivity contribution is 5.59. The van der Waals surface area contributed by atoms with Gasteiger partial charge in [-0.1, -0.05) is 5.16 Å². The fourth-order valence-electron chi connectivity index (χ4n) is 1.57. The average molecular weight is 237 g/mol. The number of hydrogen-bond donors (Lipinski definition) is 1. The van der Waals surface area contributed by atoms with Gasteiger partial charge in [0.25, 0.3) is 0 Å². The van der Waals surface area contributed by atoms with Crippen LogP contribution in [0.25, 0.3) is 0 Å². The van der Waals surface area contributed by atoms with Crippen LogP contribution < -0.4 is 5.32 Å². The number of rotatable bonds is 4. The summed E-state index contributed by atoms with van der Waals surface area (Å²) in [6.07, 6.45) is 1.44. The molecule has 2 aromatic heterocycles. The van der Waals surface area contributed by atoms with Gasteiger partial charge >= 0.3 is 5.69 Å². The van der Waals surface area contributed by atoms with E-state index < -0.39 is 4.92 Å². The molecule has 0 radical (unpaired) electrons. The van der Waals surface area contributed by atoms with Crippen LogP contribution >= 0.6 is 0 Å². The molecule has 90 valence electrons. The fourth-order valence-corrected chi connectivity index (χ4v) is 1.57. The largest absolute Gasteiger partial charge is 0.364 e. The lowest BCUT2D eigenvalue weighted by Crippen LogP contribution is -2.06. The first-order chi connectivity index (χ1) is 8.09. The lowest BCUT2D eigenvalue weighted by Gasteiger charge is -2.03. The summed E-state index contributed by atoms with van der Waals surface area (Å²) < 4.78 is 6.11. The number of aromatic nitrogens is 3. The van der Waals surface area contributed by atoms with Gasteiger partial charge in [-0.25, -0.2) is 4.68 Å². The first-order valence-corrected chi connectivity index (χ1v) is 4.90. The van der Waals surface area contributed by atoms with Crippen molar-refractivity contribution in [1.82, 2.24) is 14.9 Å². The van der Waals surface area contributed by atoms with Crippen molar-refractivity contribution in [1.29, 1.82) is 0 Å². The molecule has 0 aliphatic heterocycles. The third-order valence-corrected chi connectivity index (χ3v) is 2.30. The van der Waals surface area contributed by atoms with Crippen molar-refractivity contribution in [2.45, 2.75) is 13.5 Å². The van der Waals surface area contributed by atoms with Crippen LogP contribution in [0.3, 0.4) is 0 Å². The molecule has 0 bridgehead atoms. The van der Waals surface area contributed by atoms with Crippen LogP contribution in [0, 0.1) is 17.0 Å². The van der Waals surface area contributed by atoms with E-state index in [1.54, 1.807) is 20.0 Å². The highest BCUT2D eigenvalue weighted by atomic mass is 16.6. The SMILES string of the molecule is Cc1nn(C)c(NCc2ccon2)c1[N+](=O)[O-]. The maximum atomic E-state index is 10.9. The van der Waals surface area contributed by atoms with Crippen LogP contribution in [0.2, 0.25) is 0 Å². The molecule has 0 saturated carbocycles. The van der Waals surface area contributed by atoms with Gasteiger partial charge in [0.2, 0.25) is 5.82 Å². The normalized spacial score (nSPS) is 10.5. The molecule has 0 aliphatic carbocycles. The molecule has 8 heteroatoms. The second kappa shape index (κ2) is 4.24. The summed E-state index contributed by atoms with van der Waals surface area (Å²) in [7, 11) is 1.64. The van der Waals surface area contributed by atoms with Gasteiger partial charge < -0.3 is 9.84 Å². The Labute approximate surface area is 96.4 Å². The predicted octanol–water partition coefficient (Wildman–Crippen LogP) is 1.24. The topological polar surface area (TPSA) is 99.0 Å². The van der Waals surface area contributed by atoms with Crippen molar-refractivity contribution in [3.05, 3.63) is 33.8 Å². The lowest BCUT2D eigenvalue weighted by atomic mass is 10.3. The smallest absolute Gasteiger partial charge is 0.333 e. The molecule has 0 atom stereocenters. The second-order valence-corrected chi connectivity index (χ2v) is 3.51. The number of nitro groups is 1. The van der Waals surface area contributed by atoms with Gasteiger partial charge in [0.15, 0.2) is 0 Å². The van der Waals surface area contributed by atoms with Crippen LogP contribution in [0.1, 0.15) is 11.4 Å². The van der Waals surface area contributed by atoms with E-state index in [2.05, 4.69) is 20.1 Å². The molecule has 17 heavy (non-hydrogen) atoms. The van der Waals surface area contributed by atoms with Crippen LogP contribution in [0.15, 0.2) is 16.9 Å². The van der Waals surface area contributed by atoms with Gasteiger partial charge in [-0.3, -0.25) is 10.1 Å². The van der Waals surface area contributed by atoms with E-state index in [4.69, 9.17) is 0 Å². The van der Waals surface area contributed by atoms with Crippen molar-refractivity contribution in [3.8, 4) is 0 Å². The Hall–Kier alpha value is -2.38. The van der Waals surface area contributed by atoms with Crippen molar-refractivity contribution in [2.24, 2.45) is 7.05 Å². The maximum Gasteiger partial charge on any atom is 0.333 e. The molecule has 0 aromatic carbocycles. The Morgan fingerprint density at radius 3 is 3.00 bits per heavy atom. The number of nitrogens with zero attached hydrogens (tertiary/aromatic N) is 4. The molecule has 0 saturated heterocycles. The van der Waals surface area contributed by atoms with Crippen molar-refractivity contribution in [2.75, 3.05) is 5.32 Å².